The maximum absolute atomic E-state index is 12.5. The lowest BCUT2D eigenvalue weighted by Gasteiger charge is -2.10. The van der Waals surface area contributed by atoms with Gasteiger partial charge in [-0.3, -0.25) is 9.59 Å². The van der Waals surface area contributed by atoms with E-state index < -0.39 is 0 Å². The maximum atomic E-state index is 12.5. The summed E-state index contributed by atoms with van der Waals surface area (Å²) < 4.78 is 10.4. The largest absolute Gasteiger partial charge is 0.493 e. The molecule has 0 aliphatic heterocycles. The molecule has 0 aliphatic rings. The first-order valence-corrected chi connectivity index (χ1v) is 9.06. The molecule has 0 aliphatic carbocycles. The highest BCUT2D eigenvalue weighted by Crippen LogP contribution is 2.27. The standard InChI is InChI=1S/C23H22N2O4/c1-28-20-13-10-18(14-21(20)29-2)23(27)25-19-11-8-17(9-12-19)22(26)24-15-16-6-4-3-5-7-16/h3-14H,15H2,1-2H3,(H,24,26)(H,25,27). The molecule has 3 aromatic carbocycles. The van der Waals surface area contributed by atoms with E-state index in [9.17, 15) is 9.59 Å². The first-order valence-electron chi connectivity index (χ1n) is 9.06. The summed E-state index contributed by atoms with van der Waals surface area (Å²) in [5.74, 6) is 0.569. The summed E-state index contributed by atoms with van der Waals surface area (Å²) in [5.41, 5.74) is 2.57. The molecule has 0 aromatic heterocycles. The molecule has 148 valence electrons. The van der Waals surface area contributed by atoms with Gasteiger partial charge in [-0.1, -0.05) is 30.3 Å². The van der Waals surface area contributed by atoms with Crippen LogP contribution in [0.2, 0.25) is 0 Å². The van der Waals surface area contributed by atoms with Gasteiger partial charge in [-0.05, 0) is 48.0 Å². The topological polar surface area (TPSA) is 76.7 Å². The molecular weight excluding hydrogens is 368 g/mol. The highest BCUT2D eigenvalue weighted by atomic mass is 16.5. The number of anilines is 1. The van der Waals surface area contributed by atoms with Gasteiger partial charge in [0.2, 0.25) is 0 Å². The van der Waals surface area contributed by atoms with E-state index in [4.69, 9.17) is 9.47 Å². The Morgan fingerprint density at radius 2 is 1.41 bits per heavy atom. The molecule has 29 heavy (non-hydrogen) atoms. The predicted octanol–water partition coefficient (Wildman–Crippen LogP) is 3.89. The highest BCUT2D eigenvalue weighted by Gasteiger charge is 2.12. The fourth-order valence-electron chi connectivity index (χ4n) is 2.77. The van der Waals surface area contributed by atoms with E-state index in [2.05, 4.69) is 10.6 Å². The summed E-state index contributed by atoms with van der Waals surface area (Å²) in [4.78, 5) is 24.8. The van der Waals surface area contributed by atoms with Crippen LogP contribution in [0.15, 0.2) is 72.8 Å². The van der Waals surface area contributed by atoms with Crippen LogP contribution in [0.1, 0.15) is 26.3 Å². The van der Waals surface area contributed by atoms with Gasteiger partial charge in [-0.25, -0.2) is 0 Å². The monoisotopic (exact) mass is 390 g/mol. The predicted molar refractivity (Wildman–Crippen MR) is 112 cm³/mol. The van der Waals surface area contributed by atoms with E-state index in [-0.39, 0.29) is 11.8 Å². The Hall–Kier alpha value is -3.80. The van der Waals surface area contributed by atoms with Crippen molar-refractivity contribution in [1.29, 1.82) is 0 Å². The SMILES string of the molecule is COc1ccc(C(=O)Nc2ccc(C(=O)NCc3ccccc3)cc2)cc1OC. The Balaban J connectivity index is 1.61. The molecule has 0 unspecified atom stereocenters. The van der Waals surface area contributed by atoms with Gasteiger partial charge in [0.05, 0.1) is 14.2 Å². The second kappa shape index (κ2) is 9.41. The third-order valence-electron chi connectivity index (χ3n) is 4.35. The molecule has 0 atom stereocenters. The second-order valence-corrected chi connectivity index (χ2v) is 6.27. The number of rotatable bonds is 7. The lowest BCUT2D eigenvalue weighted by molar-refractivity contribution is 0.0950. The molecule has 3 rings (SSSR count). The van der Waals surface area contributed by atoms with Crippen LogP contribution in [0.4, 0.5) is 5.69 Å². The van der Waals surface area contributed by atoms with Crippen molar-refractivity contribution in [2.75, 3.05) is 19.5 Å². The van der Waals surface area contributed by atoms with E-state index in [1.54, 1.807) is 42.5 Å². The van der Waals surface area contributed by atoms with E-state index in [1.165, 1.54) is 14.2 Å². The van der Waals surface area contributed by atoms with Crippen LogP contribution in [0.5, 0.6) is 11.5 Å². The Kier molecular flexibility index (Phi) is 6.47. The van der Waals surface area contributed by atoms with E-state index in [0.29, 0.717) is 34.9 Å². The van der Waals surface area contributed by atoms with E-state index in [1.807, 2.05) is 30.3 Å². The van der Waals surface area contributed by atoms with Crippen LogP contribution >= 0.6 is 0 Å². The van der Waals surface area contributed by atoms with Crippen molar-refractivity contribution in [3.8, 4) is 11.5 Å². The van der Waals surface area contributed by atoms with Crippen molar-refractivity contribution in [2.24, 2.45) is 0 Å². The first-order chi connectivity index (χ1) is 14.1. The summed E-state index contributed by atoms with van der Waals surface area (Å²) >= 11 is 0. The van der Waals surface area contributed by atoms with Crippen molar-refractivity contribution >= 4 is 17.5 Å². The van der Waals surface area contributed by atoms with Crippen molar-refractivity contribution in [3.63, 3.8) is 0 Å². The van der Waals surface area contributed by atoms with Gasteiger partial charge in [0.15, 0.2) is 11.5 Å². The minimum absolute atomic E-state index is 0.174. The van der Waals surface area contributed by atoms with Crippen molar-refractivity contribution in [3.05, 3.63) is 89.5 Å². The van der Waals surface area contributed by atoms with Crippen molar-refractivity contribution in [1.82, 2.24) is 5.32 Å². The van der Waals surface area contributed by atoms with E-state index in [0.717, 1.165) is 5.56 Å². The average Bonchev–Trinajstić information content (AvgIpc) is 2.78. The summed E-state index contributed by atoms with van der Waals surface area (Å²) in [6.07, 6.45) is 0. The number of benzene rings is 3. The Bertz CT molecular complexity index is 986. The van der Waals surface area contributed by atoms with Crippen LogP contribution in [-0.4, -0.2) is 26.0 Å². The van der Waals surface area contributed by atoms with Gasteiger partial charge in [-0.15, -0.1) is 0 Å². The molecule has 6 heteroatoms. The highest BCUT2D eigenvalue weighted by molar-refractivity contribution is 6.05. The van der Waals surface area contributed by atoms with Gasteiger partial charge in [0.1, 0.15) is 0 Å². The molecule has 0 fully saturated rings. The molecular formula is C23H22N2O4. The number of amides is 2. The summed E-state index contributed by atoms with van der Waals surface area (Å²) in [7, 11) is 3.05. The second-order valence-electron chi connectivity index (χ2n) is 6.27. The zero-order valence-corrected chi connectivity index (χ0v) is 16.3. The number of hydrogen-bond acceptors (Lipinski definition) is 4. The van der Waals surface area contributed by atoms with Crippen LogP contribution in [0.3, 0.4) is 0 Å². The molecule has 0 radical (unpaired) electrons. The van der Waals surface area contributed by atoms with Crippen LogP contribution < -0.4 is 20.1 Å². The number of carbonyl (C=O) groups excluding carboxylic acids is 2. The molecule has 0 saturated carbocycles. The molecule has 2 N–H and O–H groups in total. The van der Waals surface area contributed by atoms with Crippen LogP contribution in [0, 0.1) is 0 Å². The third-order valence-corrected chi connectivity index (χ3v) is 4.35. The first kappa shape index (κ1) is 19.9. The quantitative estimate of drug-likeness (QED) is 0.642. The van der Waals surface area contributed by atoms with Gasteiger partial charge in [0, 0.05) is 23.4 Å². The number of nitrogens with one attached hydrogen (secondary N) is 2. The molecule has 0 spiro atoms. The molecule has 0 heterocycles. The Labute approximate surface area is 169 Å². The molecule has 0 saturated heterocycles. The number of hydrogen-bond donors (Lipinski definition) is 2. The number of carbonyl (C=O) groups is 2. The smallest absolute Gasteiger partial charge is 0.255 e. The Morgan fingerprint density at radius 3 is 2.07 bits per heavy atom. The minimum atomic E-state index is -0.285. The fraction of sp³-hybridized carbons (Fsp3) is 0.130. The van der Waals surface area contributed by atoms with Gasteiger partial charge in [0.25, 0.3) is 11.8 Å². The zero-order valence-electron chi connectivity index (χ0n) is 16.3. The van der Waals surface area contributed by atoms with Crippen LogP contribution in [0.25, 0.3) is 0 Å². The maximum Gasteiger partial charge on any atom is 0.255 e. The molecule has 0 bridgehead atoms. The number of methoxy groups -OCH3 is 2. The van der Waals surface area contributed by atoms with Gasteiger partial charge >= 0.3 is 0 Å². The van der Waals surface area contributed by atoms with Crippen molar-refractivity contribution in [2.45, 2.75) is 6.54 Å². The summed E-state index contributed by atoms with van der Waals surface area (Å²) in [5, 5.41) is 5.68. The minimum Gasteiger partial charge on any atom is -0.493 e. The van der Waals surface area contributed by atoms with Crippen LogP contribution in [-0.2, 0) is 6.54 Å². The normalized spacial score (nSPS) is 10.1. The van der Waals surface area contributed by atoms with Gasteiger partial charge < -0.3 is 20.1 Å². The lowest BCUT2D eigenvalue weighted by Crippen LogP contribution is -2.22. The average molecular weight is 390 g/mol. The third kappa shape index (κ3) is 5.13. The number of ether oxygens (including phenoxy) is 2. The Morgan fingerprint density at radius 1 is 0.759 bits per heavy atom. The zero-order chi connectivity index (χ0) is 20.6. The fourth-order valence-corrected chi connectivity index (χ4v) is 2.77. The molecule has 2 amide bonds. The van der Waals surface area contributed by atoms with Gasteiger partial charge in [-0.2, -0.15) is 0 Å². The molecule has 3 aromatic rings. The lowest BCUT2D eigenvalue weighted by atomic mass is 10.1. The summed E-state index contributed by atoms with van der Waals surface area (Å²) in [6, 6.07) is 21.4. The van der Waals surface area contributed by atoms with Crippen molar-refractivity contribution < 1.29 is 19.1 Å². The van der Waals surface area contributed by atoms with E-state index >= 15 is 0 Å². The summed E-state index contributed by atoms with van der Waals surface area (Å²) in [6.45, 7) is 0.456. The molecule has 6 nitrogen and oxygen atoms in total.